The van der Waals surface area contributed by atoms with Gasteiger partial charge in [-0.2, -0.15) is 4.37 Å². The van der Waals surface area contributed by atoms with Crippen molar-refractivity contribution in [3.8, 4) is 5.88 Å². The fourth-order valence-corrected chi connectivity index (χ4v) is 4.04. The van der Waals surface area contributed by atoms with Crippen molar-refractivity contribution >= 4 is 35.2 Å². The zero-order valence-corrected chi connectivity index (χ0v) is 20.1. The molecule has 11 nitrogen and oxygen atoms in total. The largest absolute Gasteiger partial charge is 0.479 e. The van der Waals surface area contributed by atoms with Gasteiger partial charge in [0.2, 0.25) is 6.73 Å². The minimum Gasteiger partial charge on any atom is -0.479 e. The van der Waals surface area contributed by atoms with E-state index in [0.29, 0.717) is 28.3 Å². The van der Waals surface area contributed by atoms with Gasteiger partial charge in [0, 0.05) is 30.8 Å². The Kier molecular flexibility index (Phi) is 8.31. The summed E-state index contributed by atoms with van der Waals surface area (Å²) in [6, 6.07) is 3.48. The number of hydrogen-bond acceptors (Lipinski definition) is 10. The predicted molar refractivity (Wildman–Crippen MR) is 123 cm³/mol. The summed E-state index contributed by atoms with van der Waals surface area (Å²) >= 11 is 1.11. The molecule has 3 heterocycles. The van der Waals surface area contributed by atoms with E-state index < -0.39 is 12.1 Å². The maximum absolute atomic E-state index is 12.8. The normalized spacial score (nSPS) is 17.8. The van der Waals surface area contributed by atoms with Gasteiger partial charge in [0.05, 0.1) is 39.0 Å². The molecule has 1 aliphatic heterocycles. The lowest BCUT2D eigenvalue weighted by molar-refractivity contribution is -0.919. The Hall–Kier alpha value is -3.09. The smallest absolute Gasteiger partial charge is 0.419 e. The average molecular weight is 478 g/mol. The van der Waals surface area contributed by atoms with Gasteiger partial charge in [0.15, 0.2) is 0 Å². The van der Waals surface area contributed by atoms with Crippen LogP contribution in [0.4, 0.5) is 10.6 Å². The second kappa shape index (κ2) is 11.2. The van der Waals surface area contributed by atoms with Gasteiger partial charge in [0.1, 0.15) is 24.7 Å². The number of ether oxygens (including phenoxy) is 3. The van der Waals surface area contributed by atoms with Crippen LogP contribution in [0.5, 0.6) is 5.88 Å². The molecule has 0 aromatic carbocycles. The van der Waals surface area contributed by atoms with Gasteiger partial charge in [0.25, 0.3) is 5.88 Å². The van der Waals surface area contributed by atoms with Gasteiger partial charge in [-0.15, -0.1) is 4.37 Å². The lowest BCUT2D eigenvalue weighted by Gasteiger charge is -2.36. The van der Waals surface area contributed by atoms with Crippen molar-refractivity contribution in [2.75, 3.05) is 59.5 Å². The molecule has 2 aromatic rings. The first-order valence-electron chi connectivity index (χ1n) is 10.4. The van der Waals surface area contributed by atoms with E-state index in [2.05, 4.69) is 25.1 Å². The number of hydrogen-bond donors (Lipinski definition) is 1. The number of anilines is 1. The Bertz CT molecular complexity index is 1010. The molecule has 12 heteroatoms. The van der Waals surface area contributed by atoms with Crippen LogP contribution in [0.25, 0.3) is 5.57 Å². The minimum absolute atomic E-state index is 0.00670. The summed E-state index contributed by atoms with van der Waals surface area (Å²) in [5, 5.41) is 2.73. The van der Waals surface area contributed by atoms with E-state index in [-0.39, 0.29) is 19.9 Å². The first-order chi connectivity index (χ1) is 15.9. The van der Waals surface area contributed by atoms with Crippen molar-refractivity contribution in [3.63, 3.8) is 0 Å². The van der Waals surface area contributed by atoms with Gasteiger partial charge < -0.3 is 19.5 Å². The molecule has 1 N–H and O–H groups in total. The highest BCUT2D eigenvalue weighted by Gasteiger charge is 2.32. The van der Waals surface area contributed by atoms with E-state index in [1.165, 1.54) is 4.90 Å². The van der Waals surface area contributed by atoms with Crippen LogP contribution in [0, 0.1) is 0 Å². The first kappa shape index (κ1) is 24.6. The number of carbonyl (C=O) groups is 2. The fraction of sp³-hybridized carbons (Fsp3) is 0.476. The van der Waals surface area contributed by atoms with E-state index in [4.69, 9.17) is 14.2 Å². The molecule has 33 heavy (non-hydrogen) atoms. The second-order valence-corrected chi connectivity index (χ2v) is 8.45. The number of carbonyl (C=O) groups excluding carboxylic acids is 2. The van der Waals surface area contributed by atoms with Crippen LogP contribution in [0.15, 0.2) is 24.4 Å². The number of aromatic nitrogens is 3. The van der Waals surface area contributed by atoms with Crippen molar-refractivity contribution in [1.29, 1.82) is 0 Å². The summed E-state index contributed by atoms with van der Waals surface area (Å²) in [5.74, 6) is 0.491. The van der Waals surface area contributed by atoms with Crippen LogP contribution in [-0.2, 0) is 20.9 Å². The molecule has 0 saturated heterocycles. The molecule has 0 spiro atoms. The molecule has 0 fully saturated rings. The Morgan fingerprint density at radius 2 is 2.12 bits per heavy atom. The highest BCUT2D eigenvalue weighted by atomic mass is 32.1. The van der Waals surface area contributed by atoms with E-state index in [9.17, 15) is 9.59 Å². The second-order valence-electron chi connectivity index (χ2n) is 7.92. The third-order valence-electron chi connectivity index (χ3n) is 5.24. The monoisotopic (exact) mass is 477 g/mol. The van der Waals surface area contributed by atoms with Crippen LogP contribution < -0.4 is 15.0 Å². The van der Waals surface area contributed by atoms with Crippen LogP contribution >= 0.6 is 11.7 Å². The Morgan fingerprint density at radius 3 is 2.88 bits per heavy atom. The molecule has 2 aromatic heterocycles. The lowest BCUT2D eigenvalue weighted by atomic mass is 10.1. The van der Waals surface area contributed by atoms with Gasteiger partial charge in [-0.3, -0.25) is 14.2 Å². The summed E-state index contributed by atoms with van der Waals surface area (Å²) < 4.78 is 25.2. The number of nitrogens with one attached hydrogen (secondary N) is 1. The number of nitrogens with zero attached hydrogens (tertiary/aromatic N) is 5. The first-order valence-corrected chi connectivity index (χ1v) is 11.1. The zero-order valence-electron chi connectivity index (χ0n) is 19.2. The van der Waals surface area contributed by atoms with Crippen molar-refractivity contribution in [2.45, 2.75) is 13.0 Å². The molecule has 0 aliphatic carbocycles. The van der Waals surface area contributed by atoms with Crippen molar-refractivity contribution in [3.05, 3.63) is 35.7 Å². The number of pyridine rings is 1. The van der Waals surface area contributed by atoms with E-state index in [1.54, 1.807) is 39.5 Å². The predicted octanol–water partition coefficient (Wildman–Crippen LogP) is 1.67. The Balaban J connectivity index is 1.61. The number of quaternary nitrogens is 1. The highest BCUT2D eigenvalue weighted by molar-refractivity contribution is 6.99. The summed E-state index contributed by atoms with van der Waals surface area (Å²) in [6.45, 7) is 1.74. The van der Waals surface area contributed by atoms with Crippen molar-refractivity contribution in [1.82, 2.24) is 19.0 Å². The molecule has 1 unspecified atom stereocenters. The molecule has 1 aliphatic rings. The summed E-state index contributed by atoms with van der Waals surface area (Å²) in [6.07, 6.45) is 3.98. The molecule has 0 bridgehead atoms. The third kappa shape index (κ3) is 6.24. The molecule has 1 atom stereocenters. The molecule has 0 saturated carbocycles. The van der Waals surface area contributed by atoms with Crippen molar-refractivity contribution in [2.24, 2.45) is 0 Å². The number of methoxy groups -OCH3 is 1. The third-order valence-corrected chi connectivity index (χ3v) is 5.75. The van der Waals surface area contributed by atoms with Gasteiger partial charge in [-0.05, 0) is 13.1 Å². The zero-order chi connectivity index (χ0) is 23.8. The molecule has 3 rings (SSSR count). The Labute approximate surface area is 196 Å². The minimum atomic E-state index is -0.542. The van der Waals surface area contributed by atoms with E-state index in [1.807, 2.05) is 7.05 Å². The number of likely N-dealkylation sites (N-methyl/N-ethyl adjacent to an activating group) is 2. The number of esters is 1. The highest BCUT2D eigenvalue weighted by Crippen LogP contribution is 2.29. The van der Waals surface area contributed by atoms with Crippen LogP contribution in [0.2, 0.25) is 0 Å². The van der Waals surface area contributed by atoms with E-state index >= 15 is 0 Å². The average Bonchev–Trinajstić information content (AvgIpc) is 3.30. The number of amides is 1. The quantitative estimate of drug-likeness (QED) is 0.425. The van der Waals surface area contributed by atoms with Crippen LogP contribution in [0.1, 0.15) is 17.7 Å². The number of rotatable bonds is 9. The van der Waals surface area contributed by atoms with E-state index in [0.717, 1.165) is 36.0 Å². The van der Waals surface area contributed by atoms with Crippen LogP contribution in [0.3, 0.4) is 0 Å². The molecule has 1 amide bonds. The molecular weight excluding hydrogens is 448 g/mol. The maximum atomic E-state index is 12.8. The standard InChI is InChI=1S/C21H29N6O5S/c1-22-11-17(28)31-13-16-7-5-9-23-19(16)26(2)21(29)32-14-27(3)10-6-8-15(12-27)18-20(30-4)25-33-24-18/h5,7-9,22H,6,10-14H2,1-4H3/q+1. The maximum Gasteiger partial charge on any atom is 0.419 e. The van der Waals surface area contributed by atoms with Crippen LogP contribution in [-0.4, -0.2) is 84.9 Å². The fourth-order valence-electron chi connectivity index (χ4n) is 3.49. The van der Waals surface area contributed by atoms with Gasteiger partial charge >= 0.3 is 12.1 Å². The van der Waals surface area contributed by atoms with Gasteiger partial charge in [-0.25, -0.2) is 9.78 Å². The summed E-state index contributed by atoms with van der Waals surface area (Å²) in [5.41, 5.74) is 2.36. The topological polar surface area (TPSA) is 116 Å². The summed E-state index contributed by atoms with van der Waals surface area (Å²) in [7, 11) is 6.84. The molecule has 178 valence electrons. The molecule has 0 radical (unpaired) electrons. The van der Waals surface area contributed by atoms with Gasteiger partial charge in [-0.1, -0.05) is 12.1 Å². The lowest BCUT2D eigenvalue weighted by Crippen LogP contribution is -2.50. The Morgan fingerprint density at radius 1 is 1.30 bits per heavy atom. The molecular formula is C21H29N6O5S+. The summed E-state index contributed by atoms with van der Waals surface area (Å²) in [4.78, 5) is 30.1. The van der Waals surface area contributed by atoms with Crippen molar-refractivity contribution < 1.29 is 28.3 Å². The SMILES string of the molecule is CNCC(=O)OCc1cccnc1N(C)C(=O)OC[N+]1(C)CCC=C(c2nsnc2OC)C1.